The molecule has 104 valence electrons. The van der Waals surface area contributed by atoms with Crippen molar-refractivity contribution in [3.05, 3.63) is 65.0 Å². The SMILES string of the molecule is Cc1ccc(C(=O)N(C)c2ccc(CN)cc2)cc1F. The van der Waals surface area contributed by atoms with Crippen LogP contribution in [0.3, 0.4) is 0 Å². The van der Waals surface area contributed by atoms with Crippen LogP contribution in [0.15, 0.2) is 42.5 Å². The van der Waals surface area contributed by atoms with Crippen LogP contribution in [0, 0.1) is 12.7 Å². The molecule has 0 aromatic heterocycles. The molecule has 0 atom stereocenters. The first-order valence-electron chi connectivity index (χ1n) is 6.36. The van der Waals surface area contributed by atoms with Gasteiger partial charge in [-0.05, 0) is 42.3 Å². The van der Waals surface area contributed by atoms with Gasteiger partial charge in [0, 0.05) is 24.8 Å². The number of carbonyl (C=O) groups excluding carboxylic acids is 1. The number of aryl methyl sites for hydroxylation is 1. The lowest BCUT2D eigenvalue weighted by atomic mass is 10.1. The zero-order valence-electron chi connectivity index (χ0n) is 11.6. The van der Waals surface area contributed by atoms with Gasteiger partial charge in [0.1, 0.15) is 5.82 Å². The van der Waals surface area contributed by atoms with Crippen LogP contribution in [-0.4, -0.2) is 13.0 Å². The molecule has 0 bridgehead atoms. The normalized spacial score (nSPS) is 10.4. The minimum absolute atomic E-state index is 0.246. The van der Waals surface area contributed by atoms with Gasteiger partial charge in [-0.2, -0.15) is 0 Å². The first kappa shape index (κ1) is 14.2. The Hall–Kier alpha value is -2.20. The molecule has 0 radical (unpaired) electrons. The predicted octanol–water partition coefficient (Wildman–Crippen LogP) is 2.87. The van der Waals surface area contributed by atoms with E-state index in [1.54, 1.807) is 26.1 Å². The Kier molecular flexibility index (Phi) is 4.15. The fraction of sp³-hybridized carbons (Fsp3) is 0.188. The van der Waals surface area contributed by atoms with E-state index in [-0.39, 0.29) is 11.7 Å². The van der Waals surface area contributed by atoms with Crippen LogP contribution in [0.5, 0.6) is 0 Å². The summed E-state index contributed by atoms with van der Waals surface area (Å²) in [7, 11) is 1.66. The number of carbonyl (C=O) groups is 1. The Morgan fingerprint density at radius 3 is 2.40 bits per heavy atom. The Balaban J connectivity index is 2.24. The fourth-order valence-corrected chi connectivity index (χ4v) is 1.89. The smallest absolute Gasteiger partial charge is 0.258 e. The van der Waals surface area contributed by atoms with Crippen LogP contribution in [0.1, 0.15) is 21.5 Å². The highest BCUT2D eigenvalue weighted by atomic mass is 19.1. The van der Waals surface area contributed by atoms with Gasteiger partial charge in [-0.25, -0.2) is 4.39 Å². The van der Waals surface area contributed by atoms with Crippen molar-refractivity contribution in [2.24, 2.45) is 5.73 Å². The van der Waals surface area contributed by atoms with E-state index in [1.165, 1.54) is 11.0 Å². The number of hydrogen-bond donors (Lipinski definition) is 1. The number of benzene rings is 2. The van der Waals surface area contributed by atoms with Gasteiger partial charge in [-0.1, -0.05) is 18.2 Å². The third-order valence-corrected chi connectivity index (χ3v) is 3.28. The van der Waals surface area contributed by atoms with E-state index in [9.17, 15) is 9.18 Å². The minimum Gasteiger partial charge on any atom is -0.326 e. The van der Waals surface area contributed by atoms with Crippen molar-refractivity contribution in [3.63, 3.8) is 0 Å². The standard InChI is InChI=1S/C16H17FN2O/c1-11-3-6-13(9-15(11)17)16(20)19(2)14-7-4-12(10-18)5-8-14/h3-9H,10,18H2,1-2H3. The minimum atomic E-state index is -0.372. The summed E-state index contributed by atoms with van der Waals surface area (Å²) in [6.45, 7) is 2.12. The molecule has 20 heavy (non-hydrogen) atoms. The molecular formula is C16H17FN2O. The number of rotatable bonds is 3. The molecule has 0 aliphatic rings. The summed E-state index contributed by atoms with van der Waals surface area (Å²) in [4.78, 5) is 13.8. The molecule has 4 heteroatoms. The van der Waals surface area contributed by atoms with Crippen LogP contribution in [-0.2, 0) is 6.54 Å². The van der Waals surface area contributed by atoms with E-state index in [0.717, 1.165) is 11.3 Å². The lowest BCUT2D eigenvalue weighted by Crippen LogP contribution is -2.26. The summed E-state index contributed by atoms with van der Waals surface area (Å²) in [5, 5.41) is 0. The molecule has 0 aliphatic heterocycles. The molecular weight excluding hydrogens is 255 g/mol. The maximum Gasteiger partial charge on any atom is 0.258 e. The quantitative estimate of drug-likeness (QED) is 0.934. The molecule has 0 aliphatic carbocycles. The maximum absolute atomic E-state index is 13.5. The van der Waals surface area contributed by atoms with E-state index in [4.69, 9.17) is 5.73 Å². The van der Waals surface area contributed by atoms with Crippen LogP contribution >= 0.6 is 0 Å². The highest BCUT2D eigenvalue weighted by molar-refractivity contribution is 6.05. The average Bonchev–Trinajstić information content (AvgIpc) is 2.48. The van der Waals surface area contributed by atoms with E-state index in [0.29, 0.717) is 17.7 Å². The lowest BCUT2D eigenvalue weighted by Gasteiger charge is -2.18. The second-order valence-corrected chi connectivity index (χ2v) is 4.70. The number of nitrogens with two attached hydrogens (primary N) is 1. The number of hydrogen-bond acceptors (Lipinski definition) is 2. The highest BCUT2D eigenvalue weighted by Gasteiger charge is 2.14. The van der Waals surface area contributed by atoms with Crippen molar-refractivity contribution in [2.75, 3.05) is 11.9 Å². The van der Waals surface area contributed by atoms with Gasteiger partial charge in [-0.3, -0.25) is 4.79 Å². The van der Waals surface area contributed by atoms with Gasteiger partial charge in [-0.15, -0.1) is 0 Å². The Labute approximate surface area is 117 Å². The number of nitrogens with zero attached hydrogens (tertiary/aromatic N) is 1. The van der Waals surface area contributed by atoms with Crippen molar-refractivity contribution in [3.8, 4) is 0 Å². The average molecular weight is 272 g/mol. The topological polar surface area (TPSA) is 46.3 Å². The van der Waals surface area contributed by atoms with Gasteiger partial charge in [0.05, 0.1) is 0 Å². The van der Waals surface area contributed by atoms with Crippen molar-refractivity contribution in [1.82, 2.24) is 0 Å². The van der Waals surface area contributed by atoms with Crippen LogP contribution in [0.4, 0.5) is 10.1 Å². The van der Waals surface area contributed by atoms with Crippen LogP contribution < -0.4 is 10.6 Å². The van der Waals surface area contributed by atoms with E-state index >= 15 is 0 Å². The summed E-state index contributed by atoms with van der Waals surface area (Å²) in [5.74, 6) is -0.618. The third-order valence-electron chi connectivity index (χ3n) is 3.28. The van der Waals surface area contributed by atoms with Crippen LogP contribution in [0.2, 0.25) is 0 Å². The van der Waals surface area contributed by atoms with Crippen molar-refractivity contribution >= 4 is 11.6 Å². The molecule has 2 rings (SSSR count). The first-order valence-corrected chi connectivity index (χ1v) is 6.36. The Morgan fingerprint density at radius 2 is 1.85 bits per heavy atom. The van der Waals surface area contributed by atoms with Crippen molar-refractivity contribution in [1.29, 1.82) is 0 Å². The third kappa shape index (κ3) is 2.86. The fourth-order valence-electron chi connectivity index (χ4n) is 1.89. The molecule has 0 spiro atoms. The molecule has 0 saturated carbocycles. The van der Waals surface area contributed by atoms with Crippen LogP contribution in [0.25, 0.3) is 0 Å². The van der Waals surface area contributed by atoms with Gasteiger partial charge < -0.3 is 10.6 Å². The molecule has 3 nitrogen and oxygen atoms in total. The van der Waals surface area contributed by atoms with E-state index in [2.05, 4.69) is 0 Å². The van der Waals surface area contributed by atoms with Crippen molar-refractivity contribution < 1.29 is 9.18 Å². The molecule has 1 amide bonds. The monoisotopic (exact) mass is 272 g/mol. The summed E-state index contributed by atoms with van der Waals surface area (Å²) in [5.41, 5.74) is 8.13. The largest absolute Gasteiger partial charge is 0.326 e. The predicted molar refractivity (Wildman–Crippen MR) is 78.2 cm³/mol. The van der Waals surface area contributed by atoms with Gasteiger partial charge in [0.2, 0.25) is 0 Å². The van der Waals surface area contributed by atoms with Gasteiger partial charge in [0.25, 0.3) is 5.91 Å². The van der Waals surface area contributed by atoms with E-state index in [1.807, 2.05) is 24.3 Å². The maximum atomic E-state index is 13.5. The Morgan fingerprint density at radius 1 is 1.20 bits per heavy atom. The second-order valence-electron chi connectivity index (χ2n) is 4.70. The highest BCUT2D eigenvalue weighted by Crippen LogP contribution is 2.18. The summed E-state index contributed by atoms with van der Waals surface area (Å²) >= 11 is 0. The zero-order chi connectivity index (χ0) is 14.7. The molecule has 2 aromatic carbocycles. The summed E-state index contributed by atoms with van der Waals surface area (Å²) in [6.07, 6.45) is 0. The van der Waals surface area contributed by atoms with E-state index < -0.39 is 0 Å². The summed E-state index contributed by atoms with van der Waals surface area (Å²) < 4.78 is 13.5. The number of halogens is 1. The molecule has 2 aromatic rings. The molecule has 0 saturated heterocycles. The lowest BCUT2D eigenvalue weighted by molar-refractivity contribution is 0.0992. The second kappa shape index (κ2) is 5.84. The number of amides is 1. The number of anilines is 1. The van der Waals surface area contributed by atoms with Gasteiger partial charge in [0.15, 0.2) is 0 Å². The summed E-state index contributed by atoms with van der Waals surface area (Å²) in [6, 6.07) is 11.9. The molecule has 0 fully saturated rings. The molecule has 2 N–H and O–H groups in total. The Bertz CT molecular complexity index is 623. The molecule has 0 unspecified atom stereocenters. The van der Waals surface area contributed by atoms with Gasteiger partial charge >= 0.3 is 0 Å². The first-order chi connectivity index (χ1) is 9.52. The zero-order valence-corrected chi connectivity index (χ0v) is 11.6. The molecule has 0 heterocycles. The van der Waals surface area contributed by atoms with Crippen molar-refractivity contribution in [2.45, 2.75) is 13.5 Å².